The molecule has 0 saturated heterocycles. The summed E-state index contributed by atoms with van der Waals surface area (Å²) in [6.07, 6.45) is 0. The zero-order chi connectivity index (χ0) is 22.4. The molecule has 0 aliphatic rings. The van der Waals surface area contributed by atoms with Crippen molar-refractivity contribution in [2.45, 2.75) is 20.4 Å². The van der Waals surface area contributed by atoms with Gasteiger partial charge in [-0.25, -0.2) is 4.79 Å². The third-order valence-corrected chi connectivity index (χ3v) is 4.36. The highest BCUT2D eigenvalue weighted by Crippen LogP contribution is 2.13. The fraction of sp³-hybridized carbons (Fsp3) is 0.182. The number of hydrogen-bond acceptors (Lipinski definition) is 6. The first-order valence-electron chi connectivity index (χ1n) is 9.48. The normalized spacial score (nSPS) is 11.2. The van der Waals surface area contributed by atoms with Gasteiger partial charge in [0.25, 0.3) is 5.91 Å². The minimum atomic E-state index is -0.625. The summed E-state index contributed by atoms with van der Waals surface area (Å²) in [5.41, 5.74) is 14.7. The number of carbonyl (C=O) groups is 2. The van der Waals surface area contributed by atoms with E-state index in [-0.39, 0.29) is 12.4 Å². The zero-order valence-corrected chi connectivity index (χ0v) is 17.2. The molecule has 1 amide bonds. The van der Waals surface area contributed by atoms with Gasteiger partial charge in [-0.15, -0.1) is 0 Å². The van der Waals surface area contributed by atoms with Gasteiger partial charge in [0.2, 0.25) is 0 Å². The van der Waals surface area contributed by atoms with Gasteiger partial charge in [0.15, 0.2) is 12.4 Å². The maximum absolute atomic E-state index is 12.4. The lowest BCUT2D eigenvalue weighted by atomic mass is 10.1. The molecule has 31 heavy (non-hydrogen) atoms. The van der Waals surface area contributed by atoms with Gasteiger partial charge < -0.3 is 21.0 Å². The lowest BCUT2D eigenvalue weighted by Gasteiger charge is -2.07. The van der Waals surface area contributed by atoms with Crippen LogP contribution >= 0.6 is 0 Å². The second-order valence-electron chi connectivity index (χ2n) is 6.92. The Morgan fingerprint density at radius 2 is 1.77 bits per heavy atom. The number of benzene rings is 2. The summed E-state index contributed by atoms with van der Waals surface area (Å²) in [5.74, 6) is -0.726. The molecule has 3 aromatic rings. The first-order valence-corrected chi connectivity index (χ1v) is 9.48. The van der Waals surface area contributed by atoms with Crippen molar-refractivity contribution in [2.24, 2.45) is 16.6 Å². The van der Waals surface area contributed by atoms with Gasteiger partial charge in [-0.3, -0.25) is 9.48 Å². The molecular weight excluding hydrogens is 398 g/mol. The highest BCUT2D eigenvalue weighted by atomic mass is 16.7. The molecule has 160 valence electrons. The Balaban J connectivity index is 1.63. The van der Waals surface area contributed by atoms with Crippen LogP contribution in [0.5, 0.6) is 5.75 Å². The predicted molar refractivity (Wildman–Crippen MR) is 115 cm³/mol. The van der Waals surface area contributed by atoms with E-state index >= 15 is 0 Å². The van der Waals surface area contributed by atoms with Gasteiger partial charge in [-0.2, -0.15) is 5.10 Å². The minimum Gasteiger partial charge on any atom is -0.484 e. The van der Waals surface area contributed by atoms with E-state index in [1.807, 2.05) is 30.7 Å². The molecule has 3 rings (SSSR count). The number of nitrogens with two attached hydrogens (primary N) is 2. The molecule has 0 fully saturated rings. The predicted octanol–water partition coefficient (Wildman–Crippen LogP) is 1.89. The second kappa shape index (κ2) is 9.57. The number of amidine groups is 1. The van der Waals surface area contributed by atoms with Gasteiger partial charge in [0, 0.05) is 11.3 Å². The van der Waals surface area contributed by atoms with Gasteiger partial charge in [-0.05, 0) is 61.9 Å². The van der Waals surface area contributed by atoms with Crippen LogP contribution in [0.2, 0.25) is 0 Å². The van der Waals surface area contributed by atoms with E-state index in [9.17, 15) is 9.59 Å². The van der Waals surface area contributed by atoms with Gasteiger partial charge in [0.05, 0.1) is 17.8 Å². The maximum Gasteiger partial charge on any atom is 0.365 e. The van der Waals surface area contributed by atoms with E-state index in [1.165, 1.54) is 0 Å². The molecule has 0 radical (unpaired) electrons. The number of aromatic nitrogens is 2. The summed E-state index contributed by atoms with van der Waals surface area (Å²) in [5, 5.41) is 8.15. The molecule has 0 aliphatic carbocycles. The van der Waals surface area contributed by atoms with Crippen molar-refractivity contribution in [3.63, 3.8) is 0 Å². The van der Waals surface area contributed by atoms with Crippen molar-refractivity contribution < 1.29 is 19.2 Å². The first kappa shape index (κ1) is 21.6. The van der Waals surface area contributed by atoms with Crippen molar-refractivity contribution >= 4 is 17.7 Å². The van der Waals surface area contributed by atoms with Crippen LogP contribution in [-0.4, -0.2) is 34.1 Å². The number of ether oxygens (including phenoxy) is 1. The third-order valence-electron chi connectivity index (χ3n) is 4.36. The Labute approximate surface area is 179 Å². The SMILES string of the molecule is Cc1cc(C)n(Cc2cccc(C(=O)O/N=C(\N)c3ccc(OCC(N)=O)cc3)c2)n1. The first-order chi connectivity index (χ1) is 14.8. The maximum atomic E-state index is 12.4. The van der Waals surface area contributed by atoms with Gasteiger partial charge >= 0.3 is 5.97 Å². The summed E-state index contributed by atoms with van der Waals surface area (Å²) in [7, 11) is 0. The highest BCUT2D eigenvalue weighted by Gasteiger charge is 2.10. The van der Waals surface area contributed by atoms with E-state index in [0.29, 0.717) is 23.4 Å². The molecule has 2 aromatic carbocycles. The molecule has 9 heteroatoms. The summed E-state index contributed by atoms with van der Waals surface area (Å²) in [6, 6.07) is 15.5. The van der Waals surface area contributed by atoms with Crippen LogP contribution in [0.15, 0.2) is 59.8 Å². The minimum absolute atomic E-state index is 0.0218. The van der Waals surface area contributed by atoms with Crippen molar-refractivity contribution in [2.75, 3.05) is 6.61 Å². The van der Waals surface area contributed by atoms with Gasteiger partial charge in [-0.1, -0.05) is 17.3 Å². The summed E-state index contributed by atoms with van der Waals surface area (Å²) in [6.45, 7) is 4.23. The fourth-order valence-electron chi connectivity index (χ4n) is 2.88. The smallest absolute Gasteiger partial charge is 0.365 e. The number of amides is 1. The van der Waals surface area contributed by atoms with Crippen LogP contribution in [0.25, 0.3) is 0 Å². The average molecular weight is 421 g/mol. The number of nitrogens with zero attached hydrogens (tertiary/aromatic N) is 3. The molecule has 0 atom stereocenters. The number of hydrogen-bond donors (Lipinski definition) is 2. The van der Waals surface area contributed by atoms with Crippen LogP contribution in [0.1, 0.15) is 32.9 Å². The van der Waals surface area contributed by atoms with Crippen LogP contribution in [0.3, 0.4) is 0 Å². The summed E-state index contributed by atoms with van der Waals surface area (Å²) >= 11 is 0. The van der Waals surface area contributed by atoms with E-state index < -0.39 is 11.9 Å². The Hall–Kier alpha value is -4.14. The van der Waals surface area contributed by atoms with Crippen molar-refractivity contribution in [3.8, 4) is 5.75 Å². The molecular formula is C22H23N5O4. The van der Waals surface area contributed by atoms with Crippen LogP contribution in [0, 0.1) is 13.8 Å². The van der Waals surface area contributed by atoms with E-state index in [4.69, 9.17) is 21.0 Å². The molecule has 1 aromatic heterocycles. The Morgan fingerprint density at radius 3 is 2.42 bits per heavy atom. The largest absolute Gasteiger partial charge is 0.484 e. The van der Waals surface area contributed by atoms with Crippen molar-refractivity contribution in [3.05, 3.63) is 82.7 Å². The standard InChI is InChI=1S/C22H23N5O4/c1-14-10-15(2)27(25-14)12-16-4-3-5-18(11-16)22(29)31-26-21(24)17-6-8-19(9-7-17)30-13-20(23)28/h3-11H,12-13H2,1-2H3,(H2,23,28)(H2,24,26). The van der Waals surface area contributed by atoms with Gasteiger partial charge in [0.1, 0.15) is 5.75 Å². The molecule has 1 heterocycles. The Morgan fingerprint density at radius 1 is 1.03 bits per heavy atom. The number of carbonyl (C=O) groups excluding carboxylic acids is 2. The van der Waals surface area contributed by atoms with Crippen LogP contribution in [0.4, 0.5) is 0 Å². The van der Waals surface area contributed by atoms with E-state index in [2.05, 4.69) is 10.3 Å². The molecule has 0 saturated carbocycles. The number of oxime groups is 1. The molecule has 0 bridgehead atoms. The lowest BCUT2D eigenvalue weighted by Crippen LogP contribution is -2.20. The Bertz CT molecular complexity index is 1120. The zero-order valence-electron chi connectivity index (χ0n) is 17.2. The molecule has 9 nitrogen and oxygen atoms in total. The summed E-state index contributed by atoms with van der Waals surface area (Å²) < 4.78 is 7.04. The molecule has 4 N–H and O–H groups in total. The van der Waals surface area contributed by atoms with Crippen molar-refractivity contribution in [1.82, 2.24) is 9.78 Å². The molecule has 0 unspecified atom stereocenters. The quantitative estimate of drug-likeness (QED) is 0.247. The number of rotatable bonds is 8. The number of aryl methyl sites for hydroxylation is 2. The highest BCUT2D eigenvalue weighted by molar-refractivity contribution is 5.98. The van der Waals surface area contributed by atoms with Crippen LogP contribution < -0.4 is 16.2 Å². The average Bonchev–Trinajstić information content (AvgIpc) is 3.07. The Kier molecular flexibility index (Phi) is 6.66. The topological polar surface area (TPSA) is 135 Å². The molecule has 0 spiro atoms. The van der Waals surface area contributed by atoms with E-state index in [0.717, 1.165) is 17.0 Å². The van der Waals surface area contributed by atoms with Crippen molar-refractivity contribution in [1.29, 1.82) is 0 Å². The molecule has 0 aliphatic heterocycles. The third kappa shape index (κ3) is 5.92. The second-order valence-corrected chi connectivity index (χ2v) is 6.92. The number of primary amides is 1. The lowest BCUT2D eigenvalue weighted by molar-refractivity contribution is -0.119. The van der Waals surface area contributed by atoms with E-state index in [1.54, 1.807) is 42.5 Å². The summed E-state index contributed by atoms with van der Waals surface area (Å²) in [4.78, 5) is 28.1. The fourth-order valence-corrected chi connectivity index (χ4v) is 2.88. The van der Waals surface area contributed by atoms with Crippen LogP contribution in [-0.2, 0) is 16.2 Å². The monoisotopic (exact) mass is 421 g/mol.